The van der Waals surface area contributed by atoms with Crippen LogP contribution in [0.25, 0.3) is 0 Å². The molecular weight excluding hydrogens is 230 g/mol. The Balaban J connectivity index is 2.36. The van der Waals surface area contributed by atoms with Gasteiger partial charge >= 0.3 is 0 Å². The largest absolute Gasteiger partial charge is 0.244 e. The van der Waals surface area contributed by atoms with Gasteiger partial charge in [-0.3, -0.25) is 0 Å². The summed E-state index contributed by atoms with van der Waals surface area (Å²) in [5.41, 5.74) is 4.85. The molecule has 0 aliphatic heterocycles. The van der Waals surface area contributed by atoms with Crippen LogP contribution in [-0.4, -0.2) is 4.98 Å². The summed E-state index contributed by atoms with van der Waals surface area (Å²) < 4.78 is 0. The number of aromatic nitrogens is 1. The van der Waals surface area contributed by atoms with Crippen molar-refractivity contribution in [2.45, 2.75) is 39.0 Å². The summed E-state index contributed by atoms with van der Waals surface area (Å²) in [7, 11) is 0. The molecule has 1 nitrogen and oxygen atoms in total. The maximum atomic E-state index is 6.19. The third kappa shape index (κ3) is 2.61. The lowest BCUT2D eigenvalue weighted by atomic mass is 9.83. The van der Waals surface area contributed by atoms with Crippen LogP contribution in [0.3, 0.4) is 0 Å². The van der Waals surface area contributed by atoms with Crippen LogP contribution in [0.1, 0.15) is 43.2 Å². The van der Waals surface area contributed by atoms with Crippen LogP contribution in [0.2, 0.25) is 5.15 Å². The van der Waals surface area contributed by atoms with Crippen LogP contribution in [0.4, 0.5) is 0 Å². The van der Waals surface area contributed by atoms with Crippen molar-refractivity contribution in [3.05, 3.63) is 52.3 Å². The maximum absolute atomic E-state index is 6.19. The van der Waals surface area contributed by atoms with E-state index in [1.54, 1.807) is 0 Å². The van der Waals surface area contributed by atoms with E-state index in [1.165, 1.54) is 17.6 Å². The highest BCUT2D eigenvalue weighted by molar-refractivity contribution is 6.30. The summed E-state index contributed by atoms with van der Waals surface area (Å²) in [5, 5.41) is 0.613. The van der Waals surface area contributed by atoms with E-state index >= 15 is 0 Å². The Kier molecular flexibility index (Phi) is 3.68. The first-order valence-corrected chi connectivity index (χ1v) is 6.47. The Hall–Kier alpha value is -1.08. The smallest absolute Gasteiger partial charge is 0.132 e. The molecule has 0 radical (unpaired) electrons. The monoisotopic (exact) mass is 247 g/mol. The summed E-state index contributed by atoms with van der Waals surface area (Å²) in [6.45, 7) is 8.39. The van der Waals surface area contributed by atoms with Crippen LogP contribution in [0.5, 0.6) is 0 Å². The summed E-state index contributed by atoms with van der Waals surface area (Å²) in [5.74, 6) is 0.294. The van der Waals surface area contributed by atoms with Crippen molar-refractivity contribution < 1.29 is 0 Å². The van der Waals surface area contributed by atoms with Gasteiger partial charge in [-0.2, -0.15) is 0 Å². The van der Waals surface area contributed by atoms with Gasteiger partial charge in [-0.25, -0.2) is 4.98 Å². The second-order valence-corrected chi connectivity index (χ2v) is 5.13. The minimum atomic E-state index is 0.294. The molecule has 0 saturated carbocycles. The molecule has 0 amide bonds. The third-order valence-corrected chi connectivity index (χ3v) is 3.71. The maximum Gasteiger partial charge on any atom is 0.132 e. The van der Waals surface area contributed by atoms with E-state index in [9.17, 15) is 0 Å². The van der Waals surface area contributed by atoms with Gasteiger partial charge in [0.1, 0.15) is 5.15 Å². The molecule has 1 unspecified atom stereocenters. The standard InChI is InChI=1S/C15H18ClN/c1-10-8-14(15(16)17-9-10)12(3)13-7-5-4-6-11(13)2/h7-9,12H,2,4-6H2,1,3H3. The zero-order chi connectivity index (χ0) is 12.4. The molecule has 1 aliphatic carbocycles. The van der Waals surface area contributed by atoms with E-state index in [2.05, 4.69) is 30.6 Å². The molecule has 0 bridgehead atoms. The molecule has 2 rings (SSSR count). The summed E-state index contributed by atoms with van der Waals surface area (Å²) in [4.78, 5) is 4.23. The van der Waals surface area contributed by atoms with Gasteiger partial charge in [0.2, 0.25) is 0 Å². The lowest BCUT2D eigenvalue weighted by molar-refractivity contribution is 0.755. The second-order valence-electron chi connectivity index (χ2n) is 4.77. The van der Waals surface area contributed by atoms with E-state index in [4.69, 9.17) is 11.6 Å². The van der Waals surface area contributed by atoms with Gasteiger partial charge in [-0.15, -0.1) is 0 Å². The molecule has 17 heavy (non-hydrogen) atoms. The topological polar surface area (TPSA) is 12.9 Å². The zero-order valence-electron chi connectivity index (χ0n) is 10.5. The van der Waals surface area contributed by atoms with Crippen LogP contribution in [0, 0.1) is 6.92 Å². The van der Waals surface area contributed by atoms with Gasteiger partial charge in [0.15, 0.2) is 0 Å². The van der Waals surface area contributed by atoms with Gasteiger partial charge in [0.05, 0.1) is 0 Å². The molecule has 0 spiro atoms. The molecule has 1 aliphatic rings. The number of nitrogens with zero attached hydrogens (tertiary/aromatic N) is 1. The highest BCUT2D eigenvalue weighted by Crippen LogP contribution is 2.36. The SMILES string of the molecule is C=C1CCCC=C1C(C)c1cc(C)cnc1Cl. The fraction of sp³-hybridized carbons (Fsp3) is 0.400. The molecule has 0 N–H and O–H groups in total. The number of halogens is 1. The normalized spacial score (nSPS) is 17.8. The molecule has 0 aromatic carbocycles. The van der Waals surface area contributed by atoms with Crippen molar-refractivity contribution in [1.82, 2.24) is 4.98 Å². The van der Waals surface area contributed by atoms with Gasteiger partial charge in [0.25, 0.3) is 0 Å². The van der Waals surface area contributed by atoms with E-state index in [0.717, 1.165) is 24.0 Å². The predicted molar refractivity (Wildman–Crippen MR) is 73.5 cm³/mol. The van der Waals surface area contributed by atoms with Crippen molar-refractivity contribution in [3.8, 4) is 0 Å². The Morgan fingerprint density at radius 1 is 1.47 bits per heavy atom. The average molecular weight is 248 g/mol. The van der Waals surface area contributed by atoms with Crippen molar-refractivity contribution in [3.63, 3.8) is 0 Å². The molecular formula is C15H18ClN. The average Bonchev–Trinajstić information content (AvgIpc) is 2.32. The minimum Gasteiger partial charge on any atom is -0.244 e. The van der Waals surface area contributed by atoms with Gasteiger partial charge in [-0.1, -0.05) is 42.8 Å². The molecule has 1 aromatic heterocycles. The fourth-order valence-corrected chi connectivity index (χ4v) is 2.66. The number of aryl methyl sites for hydroxylation is 1. The Bertz CT molecular complexity index is 474. The van der Waals surface area contributed by atoms with Crippen LogP contribution in [-0.2, 0) is 0 Å². The lowest BCUT2D eigenvalue weighted by Crippen LogP contribution is -2.06. The molecule has 1 atom stereocenters. The predicted octanol–water partition coefficient (Wildman–Crippen LogP) is 4.81. The fourth-order valence-electron chi connectivity index (χ4n) is 2.39. The molecule has 90 valence electrons. The van der Waals surface area contributed by atoms with E-state index in [0.29, 0.717) is 11.1 Å². The number of hydrogen-bond acceptors (Lipinski definition) is 1. The Labute approximate surface area is 108 Å². The van der Waals surface area contributed by atoms with Crippen molar-refractivity contribution in [1.29, 1.82) is 0 Å². The Morgan fingerprint density at radius 3 is 2.94 bits per heavy atom. The minimum absolute atomic E-state index is 0.294. The van der Waals surface area contributed by atoms with E-state index in [1.807, 2.05) is 13.1 Å². The summed E-state index contributed by atoms with van der Waals surface area (Å²) >= 11 is 6.19. The molecule has 1 heterocycles. The van der Waals surface area contributed by atoms with Crippen LogP contribution < -0.4 is 0 Å². The molecule has 1 aromatic rings. The zero-order valence-corrected chi connectivity index (χ0v) is 11.2. The number of rotatable bonds is 2. The third-order valence-electron chi connectivity index (χ3n) is 3.39. The first kappa shape index (κ1) is 12.4. The first-order valence-electron chi connectivity index (χ1n) is 6.10. The van der Waals surface area contributed by atoms with Crippen LogP contribution in [0.15, 0.2) is 36.1 Å². The van der Waals surface area contributed by atoms with Crippen molar-refractivity contribution in [2.24, 2.45) is 0 Å². The highest BCUT2D eigenvalue weighted by Gasteiger charge is 2.19. The quantitative estimate of drug-likeness (QED) is 0.684. The number of allylic oxidation sites excluding steroid dienone is 3. The lowest BCUT2D eigenvalue weighted by Gasteiger charge is -2.23. The highest BCUT2D eigenvalue weighted by atomic mass is 35.5. The van der Waals surface area contributed by atoms with Gasteiger partial charge < -0.3 is 0 Å². The summed E-state index contributed by atoms with van der Waals surface area (Å²) in [6.07, 6.45) is 7.58. The molecule has 0 saturated heterocycles. The molecule has 0 fully saturated rings. The van der Waals surface area contributed by atoms with Gasteiger partial charge in [0, 0.05) is 12.1 Å². The summed E-state index contributed by atoms with van der Waals surface area (Å²) in [6, 6.07) is 2.13. The van der Waals surface area contributed by atoms with Crippen molar-refractivity contribution in [2.75, 3.05) is 0 Å². The number of pyridine rings is 1. The van der Waals surface area contributed by atoms with Crippen molar-refractivity contribution >= 4 is 11.6 Å². The first-order chi connectivity index (χ1) is 8.09. The van der Waals surface area contributed by atoms with E-state index < -0.39 is 0 Å². The van der Waals surface area contributed by atoms with Gasteiger partial charge in [-0.05, 0) is 42.9 Å². The van der Waals surface area contributed by atoms with Crippen LogP contribution >= 0.6 is 11.6 Å². The second kappa shape index (κ2) is 5.05. The van der Waals surface area contributed by atoms with E-state index in [-0.39, 0.29) is 0 Å². The Morgan fingerprint density at radius 2 is 2.24 bits per heavy atom. The molecule has 2 heteroatoms. The number of hydrogen-bond donors (Lipinski definition) is 0.